The Morgan fingerprint density at radius 3 is 2.50 bits per heavy atom. The highest BCUT2D eigenvalue weighted by molar-refractivity contribution is 5.77. The molecule has 0 aromatic rings. The monoisotopic (exact) mass is 282 g/mol. The van der Waals surface area contributed by atoms with Gasteiger partial charge in [-0.25, -0.2) is 0 Å². The fourth-order valence-electron chi connectivity index (χ4n) is 3.61. The van der Waals surface area contributed by atoms with Crippen LogP contribution in [0.5, 0.6) is 0 Å². The second-order valence-electron chi connectivity index (χ2n) is 7.22. The number of rotatable bonds is 5. The van der Waals surface area contributed by atoms with Gasteiger partial charge in [0.2, 0.25) is 5.91 Å². The maximum atomic E-state index is 12.2. The second kappa shape index (κ2) is 6.02. The van der Waals surface area contributed by atoms with Gasteiger partial charge in [0, 0.05) is 30.0 Å². The molecule has 20 heavy (non-hydrogen) atoms. The Hall–Kier alpha value is -0.610. The predicted octanol–water partition coefficient (Wildman–Crippen LogP) is 2.36. The third-order valence-corrected chi connectivity index (χ3v) is 5.24. The molecule has 4 nitrogen and oxygen atoms in total. The van der Waals surface area contributed by atoms with Gasteiger partial charge in [-0.3, -0.25) is 4.79 Å². The summed E-state index contributed by atoms with van der Waals surface area (Å²) in [4.78, 5) is 12.2. The van der Waals surface area contributed by atoms with Crippen molar-refractivity contribution in [2.45, 2.75) is 83.4 Å². The molecule has 0 bridgehead atoms. The highest BCUT2D eigenvalue weighted by Gasteiger charge is 2.49. The van der Waals surface area contributed by atoms with Crippen LogP contribution in [-0.4, -0.2) is 30.2 Å². The molecule has 2 aliphatic rings. The molecule has 0 heterocycles. The van der Waals surface area contributed by atoms with Gasteiger partial charge in [0.05, 0.1) is 6.10 Å². The fraction of sp³-hybridized carbons (Fsp3) is 0.938. The molecule has 0 radical (unpaired) electrons. The molecule has 0 aliphatic heterocycles. The van der Waals surface area contributed by atoms with Gasteiger partial charge < -0.3 is 15.8 Å². The van der Waals surface area contributed by atoms with Crippen LogP contribution in [0.3, 0.4) is 0 Å². The van der Waals surface area contributed by atoms with Crippen molar-refractivity contribution in [3.05, 3.63) is 0 Å². The lowest BCUT2D eigenvalue weighted by molar-refractivity contribution is -0.137. The van der Waals surface area contributed by atoms with E-state index in [4.69, 9.17) is 10.5 Å². The maximum absolute atomic E-state index is 12.2. The third kappa shape index (κ3) is 3.34. The Kier molecular flexibility index (Phi) is 4.75. The molecule has 2 atom stereocenters. The van der Waals surface area contributed by atoms with Crippen LogP contribution in [0.1, 0.15) is 65.7 Å². The number of amides is 1. The van der Waals surface area contributed by atoms with Gasteiger partial charge in [0.25, 0.3) is 0 Å². The molecular weight excluding hydrogens is 252 g/mol. The summed E-state index contributed by atoms with van der Waals surface area (Å²) < 4.78 is 5.70. The smallest absolute Gasteiger partial charge is 0.222 e. The molecule has 1 amide bonds. The summed E-state index contributed by atoms with van der Waals surface area (Å²) in [5.41, 5.74) is 6.11. The minimum absolute atomic E-state index is 0.0278. The first-order valence-corrected chi connectivity index (χ1v) is 8.07. The quantitative estimate of drug-likeness (QED) is 0.813. The van der Waals surface area contributed by atoms with Gasteiger partial charge >= 0.3 is 0 Å². The van der Waals surface area contributed by atoms with E-state index in [1.807, 2.05) is 6.92 Å². The molecule has 2 saturated carbocycles. The van der Waals surface area contributed by atoms with E-state index in [0.717, 1.165) is 38.7 Å². The van der Waals surface area contributed by atoms with Gasteiger partial charge in [-0.2, -0.15) is 0 Å². The van der Waals surface area contributed by atoms with Gasteiger partial charge in [0.1, 0.15) is 0 Å². The van der Waals surface area contributed by atoms with Crippen molar-refractivity contribution in [1.82, 2.24) is 5.32 Å². The zero-order valence-corrected chi connectivity index (χ0v) is 13.2. The van der Waals surface area contributed by atoms with Crippen molar-refractivity contribution in [1.29, 1.82) is 0 Å². The lowest BCUT2D eigenvalue weighted by atomic mass is 9.64. The Labute approximate surface area is 122 Å². The van der Waals surface area contributed by atoms with Crippen molar-refractivity contribution in [3.8, 4) is 0 Å². The van der Waals surface area contributed by atoms with Crippen molar-refractivity contribution in [3.63, 3.8) is 0 Å². The molecule has 2 aliphatic carbocycles. The highest BCUT2D eigenvalue weighted by Crippen LogP contribution is 2.43. The molecule has 0 saturated heterocycles. The van der Waals surface area contributed by atoms with Gasteiger partial charge in [0.15, 0.2) is 0 Å². The van der Waals surface area contributed by atoms with Crippen molar-refractivity contribution in [2.24, 2.45) is 11.1 Å². The van der Waals surface area contributed by atoms with Crippen LogP contribution in [0, 0.1) is 5.41 Å². The largest absolute Gasteiger partial charge is 0.378 e. The van der Waals surface area contributed by atoms with Crippen LogP contribution in [0.4, 0.5) is 0 Å². The second-order valence-corrected chi connectivity index (χ2v) is 7.22. The summed E-state index contributed by atoms with van der Waals surface area (Å²) in [6.45, 7) is 7.09. The van der Waals surface area contributed by atoms with Gasteiger partial charge in [-0.1, -0.05) is 33.1 Å². The zero-order chi connectivity index (χ0) is 14.8. The lowest BCUT2D eigenvalue weighted by Gasteiger charge is -2.51. The van der Waals surface area contributed by atoms with Crippen LogP contribution in [0.15, 0.2) is 0 Å². The summed E-state index contributed by atoms with van der Waals surface area (Å²) in [5.74, 6) is 0.113. The van der Waals surface area contributed by atoms with Crippen LogP contribution >= 0.6 is 0 Å². The van der Waals surface area contributed by atoms with Crippen LogP contribution in [0.2, 0.25) is 0 Å². The minimum atomic E-state index is -0.268. The zero-order valence-electron chi connectivity index (χ0n) is 13.2. The first-order chi connectivity index (χ1) is 9.37. The molecule has 0 aromatic heterocycles. The number of carbonyl (C=O) groups excluding carboxylic acids is 1. The van der Waals surface area contributed by atoms with Crippen LogP contribution in [0.25, 0.3) is 0 Å². The topological polar surface area (TPSA) is 64.3 Å². The highest BCUT2D eigenvalue weighted by atomic mass is 16.5. The van der Waals surface area contributed by atoms with Crippen molar-refractivity contribution >= 4 is 5.91 Å². The Morgan fingerprint density at radius 2 is 1.95 bits per heavy atom. The van der Waals surface area contributed by atoms with E-state index in [1.165, 1.54) is 6.42 Å². The van der Waals surface area contributed by atoms with E-state index in [9.17, 15) is 4.79 Å². The van der Waals surface area contributed by atoms with E-state index >= 15 is 0 Å². The fourth-order valence-corrected chi connectivity index (χ4v) is 3.61. The van der Waals surface area contributed by atoms with E-state index in [1.54, 1.807) is 0 Å². The molecule has 116 valence electrons. The van der Waals surface area contributed by atoms with Crippen molar-refractivity contribution in [2.75, 3.05) is 6.61 Å². The average Bonchev–Trinajstić information content (AvgIpc) is 2.38. The average molecular weight is 282 g/mol. The molecule has 2 rings (SSSR count). The number of ether oxygens (including phenoxy) is 1. The van der Waals surface area contributed by atoms with Gasteiger partial charge in [-0.15, -0.1) is 0 Å². The number of nitrogens with two attached hydrogens (primary N) is 1. The maximum Gasteiger partial charge on any atom is 0.222 e. The first-order valence-electron chi connectivity index (χ1n) is 8.07. The van der Waals surface area contributed by atoms with E-state index in [2.05, 4.69) is 19.2 Å². The Balaban J connectivity index is 1.81. The normalized spacial score (nSPS) is 31.4. The number of carbonyl (C=O) groups is 1. The first kappa shape index (κ1) is 15.8. The molecule has 3 N–H and O–H groups in total. The number of nitrogens with one attached hydrogen (secondary N) is 1. The van der Waals surface area contributed by atoms with Crippen LogP contribution in [-0.2, 0) is 9.53 Å². The Bertz CT molecular complexity index is 348. The summed E-state index contributed by atoms with van der Waals surface area (Å²) in [5, 5.41) is 3.17. The molecule has 4 heteroatoms. The Morgan fingerprint density at radius 1 is 1.30 bits per heavy atom. The van der Waals surface area contributed by atoms with Crippen LogP contribution < -0.4 is 11.1 Å². The number of hydrogen-bond acceptors (Lipinski definition) is 3. The third-order valence-electron chi connectivity index (χ3n) is 5.24. The summed E-state index contributed by atoms with van der Waals surface area (Å²) in [6, 6.07) is 0.221. The van der Waals surface area contributed by atoms with E-state index in [-0.39, 0.29) is 29.0 Å². The predicted molar refractivity (Wildman–Crippen MR) is 80.4 cm³/mol. The minimum Gasteiger partial charge on any atom is -0.378 e. The molecule has 2 unspecified atom stereocenters. The number of hydrogen-bond donors (Lipinski definition) is 2. The van der Waals surface area contributed by atoms with Gasteiger partial charge in [-0.05, 0) is 26.2 Å². The molecule has 0 aromatic carbocycles. The standard InChI is InChI=1S/C16H30N2O2/c1-4-20-13-10-12(15(13,2)3)18-14(19)11-16(17)8-6-5-7-9-16/h12-13H,4-11,17H2,1-3H3,(H,18,19). The summed E-state index contributed by atoms with van der Waals surface area (Å²) in [7, 11) is 0. The summed E-state index contributed by atoms with van der Waals surface area (Å²) in [6.07, 6.45) is 7.19. The molecular formula is C16H30N2O2. The van der Waals surface area contributed by atoms with E-state index in [0.29, 0.717) is 6.42 Å². The SMILES string of the molecule is CCOC1CC(NC(=O)CC2(N)CCCCC2)C1(C)C. The summed E-state index contributed by atoms with van der Waals surface area (Å²) >= 11 is 0. The van der Waals surface area contributed by atoms with Crippen molar-refractivity contribution < 1.29 is 9.53 Å². The molecule has 0 spiro atoms. The van der Waals surface area contributed by atoms with E-state index < -0.39 is 0 Å². The lowest BCUT2D eigenvalue weighted by Crippen LogP contribution is -2.62. The molecule has 2 fully saturated rings.